The highest BCUT2D eigenvalue weighted by Crippen LogP contribution is 2.22. The molecule has 2 aromatic heterocycles. The molecule has 3 aromatic rings. The van der Waals surface area contributed by atoms with Crippen molar-refractivity contribution in [2.24, 2.45) is 5.10 Å². The summed E-state index contributed by atoms with van der Waals surface area (Å²) in [6.07, 6.45) is 1.57. The van der Waals surface area contributed by atoms with E-state index in [1.165, 1.54) is 4.68 Å². The van der Waals surface area contributed by atoms with Gasteiger partial charge >= 0.3 is 0 Å². The van der Waals surface area contributed by atoms with Crippen LogP contribution in [0.5, 0.6) is 0 Å². The minimum absolute atomic E-state index is 0.0555. The van der Waals surface area contributed by atoms with Gasteiger partial charge in [0.2, 0.25) is 11.6 Å². The molecule has 0 bridgehead atoms. The smallest absolute Gasteiger partial charge is 0.293 e. The number of nitrogens with two attached hydrogens (primary N) is 1. The number of hydrazone groups is 1. The lowest BCUT2D eigenvalue weighted by atomic mass is 10.1. The molecule has 0 radical (unpaired) electrons. The molecular formula is C19H25N9O2. The van der Waals surface area contributed by atoms with Gasteiger partial charge in [-0.25, -0.2) is 10.1 Å². The first-order valence-electron chi connectivity index (χ1n) is 9.68. The Labute approximate surface area is 173 Å². The third-order valence-electron chi connectivity index (χ3n) is 4.56. The molecule has 0 saturated carbocycles. The van der Waals surface area contributed by atoms with E-state index < -0.39 is 5.91 Å². The van der Waals surface area contributed by atoms with E-state index in [1.807, 2.05) is 38.1 Å². The first-order valence-corrected chi connectivity index (χ1v) is 9.68. The summed E-state index contributed by atoms with van der Waals surface area (Å²) in [5, 5.41) is 19.2. The molecule has 3 rings (SSSR count). The predicted octanol–water partition coefficient (Wildman–Crippen LogP) is 1.97. The van der Waals surface area contributed by atoms with Gasteiger partial charge in [0.05, 0.1) is 11.9 Å². The van der Waals surface area contributed by atoms with Crippen LogP contribution in [0.2, 0.25) is 0 Å². The van der Waals surface area contributed by atoms with E-state index in [0.29, 0.717) is 5.69 Å². The number of amides is 1. The Kier molecular flexibility index (Phi) is 6.40. The van der Waals surface area contributed by atoms with Gasteiger partial charge in [-0.1, -0.05) is 31.2 Å². The molecule has 11 heteroatoms. The Bertz CT molecular complexity index is 1020. The molecule has 3 N–H and O–H groups in total. The van der Waals surface area contributed by atoms with Crippen LogP contribution in [0, 0.1) is 0 Å². The summed E-state index contributed by atoms with van der Waals surface area (Å²) < 4.78 is 5.96. The molecule has 30 heavy (non-hydrogen) atoms. The second-order valence-corrected chi connectivity index (χ2v) is 6.83. The summed E-state index contributed by atoms with van der Waals surface area (Å²) in [6, 6.07) is 7.93. The normalized spacial score (nSPS) is 11.4. The Morgan fingerprint density at radius 3 is 2.53 bits per heavy atom. The molecule has 0 unspecified atom stereocenters. The number of anilines is 2. The molecule has 1 aromatic carbocycles. The summed E-state index contributed by atoms with van der Waals surface area (Å²) in [7, 11) is 0. The minimum atomic E-state index is -0.490. The van der Waals surface area contributed by atoms with Gasteiger partial charge in [0.25, 0.3) is 5.91 Å². The van der Waals surface area contributed by atoms with E-state index in [9.17, 15) is 4.79 Å². The molecule has 11 nitrogen and oxygen atoms in total. The van der Waals surface area contributed by atoms with Crippen molar-refractivity contribution < 1.29 is 9.42 Å². The number of rotatable bonds is 8. The Morgan fingerprint density at radius 1 is 1.27 bits per heavy atom. The van der Waals surface area contributed by atoms with Crippen LogP contribution in [0.4, 0.5) is 11.5 Å². The number of carbonyl (C=O) groups is 1. The average molecular weight is 411 g/mol. The lowest BCUT2D eigenvalue weighted by Gasteiger charge is -2.20. The van der Waals surface area contributed by atoms with Crippen LogP contribution in [0.1, 0.15) is 55.4 Å². The first kappa shape index (κ1) is 21.0. The van der Waals surface area contributed by atoms with E-state index in [1.54, 1.807) is 6.21 Å². The van der Waals surface area contributed by atoms with Gasteiger partial charge in [0.1, 0.15) is 0 Å². The maximum absolute atomic E-state index is 12.6. The highest BCUT2D eigenvalue weighted by atomic mass is 16.6. The molecule has 2 heterocycles. The lowest BCUT2D eigenvalue weighted by molar-refractivity contribution is 0.0948. The Hall–Kier alpha value is -3.76. The van der Waals surface area contributed by atoms with Crippen LogP contribution in [0.15, 0.2) is 34.0 Å². The molecule has 1 amide bonds. The molecule has 0 saturated heterocycles. The molecule has 0 fully saturated rings. The number of carbonyl (C=O) groups excluding carboxylic acids is 1. The van der Waals surface area contributed by atoms with E-state index in [-0.39, 0.29) is 23.2 Å². The fourth-order valence-corrected chi connectivity index (χ4v) is 3.04. The monoisotopic (exact) mass is 411 g/mol. The fourth-order valence-electron chi connectivity index (χ4n) is 3.04. The SMILES string of the molecule is CCN(CC)c1ccc(/C=N/NC(=O)c2nnn(-c3nonc3N)c2C(C)C)cc1. The van der Waals surface area contributed by atoms with E-state index in [0.717, 1.165) is 24.3 Å². The van der Waals surface area contributed by atoms with Crippen molar-refractivity contribution in [3.63, 3.8) is 0 Å². The van der Waals surface area contributed by atoms with Crippen LogP contribution in [0.3, 0.4) is 0 Å². The first-order chi connectivity index (χ1) is 14.5. The van der Waals surface area contributed by atoms with Crippen LogP contribution in [-0.4, -0.2) is 50.5 Å². The molecule has 0 spiro atoms. The Balaban J connectivity index is 1.74. The van der Waals surface area contributed by atoms with Crippen molar-refractivity contribution in [3.8, 4) is 5.82 Å². The number of nitrogens with zero attached hydrogens (tertiary/aromatic N) is 7. The predicted molar refractivity (Wildman–Crippen MR) is 113 cm³/mol. The molecule has 0 aliphatic carbocycles. The largest absolute Gasteiger partial charge is 0.378 e. The molecular weight excluding hydrogens is 386 g/mol. The molecule has 158 valence electrons. The summed E-state index contributed by atoms with van der Waals surface area (Å²) in [5.74, 6) is -0.341. The zero-order valence-electron chi connectivity index (χ0n) is 17.4. The second-order valence-electron chi connectivity index (χ2n) is 6.83. The summed E-state index contributed by atoms with van der Waals surface area (Å²) in [4.78, 5) is 14.9. The lowest BCUT2D eigenvalue weighted by Crippen LogP contribution is -2.21. The van der Waals surface area contributed by atoms with Crippen molar-refractivity contribution in [2.75, 3.05) is 23.7 Å². The van der Waals surface area contributed by atoms with Gasteiger partial charge in [0, 0.05) is 18.8 Å². The van der Waals surface area contributed by atoms with Crippen molar-refractivity contribution in [1.29, 1.82) is 0 Å². The Morgan fingerprint density at radius 2 is 1.97 bits per heavy atom. The zero-order valence-corrected chi connectivity index (χ0v) is 17.4. The van der Waals surface area contributed by atoms with Gasteiger partial charge in [-0.2, -0.15) is 9.78 Å². The zero-order chi connectivity index (χ0) is 21.7. The average Bonchev–Trinajstić information content (AvgIpc) is 3.36. The minimum Gasteiger partial charge on any atom is -0.378 e. The number of hydrogen-bond acceptors (Lipinski definition) is 9. The van der Waals surface area contributed by atoms with Crippen molar-refractivity contribution in [2.45, 2.75) is 33.6 Å². The van der Waals surface area contributed by atoms with Crippen LogP contribution in [0.25, 0.3) is 5.82 Å². The quantitative estimate of drug-likeness (QED) is 0.423. The topological polar surface area (TPSA) is 140 Å². The summed E-state index contributed by atoms with van der Waals surface area (Å²) in [6.45, 7) is 9.91. The van der Waals surface area contributed by atoms with Crippen molar-refractivity contribution >= 4 is 23.6 Å². The molecule has 0 aliphatic heterocycles. The fraction of sp³-hybridized carbons (Fsp3) is 0.368. The molecule has 0 aliphatic rings. The van der Waals surface area contributed by atoms with Gasteiger partial charge < -0.3 is 10.6 Å². The van der Waals surface area contributed by atoms with Gasteiger partial charge in [0.15, 0.2) is 5.69 Å². The maximum Gasteiger partial charge on any atom is 0.293 e. The van der Waals surface area contributed by atoms with E-state index in [4.69, 9.17) is 5.73 Å². The summed E-state index contributed by atoms with van der Waals surface area (Å²) in [5.41, 5.74) is 10.9. The number of nitrogen functional groups attached to an aromatic ring is 1. The number of benzene rings is 1. The van der Waals surface area contributed by atoms with E-state index in [2.05, 4.69) is 54.5 Å². The standard InChI is InChI=1S/C19H25N9O2/c1-5-27(6-2)14-9-7-13(8-10-14)11-21-23-19(29)15-16(12(3)4)28(26-22-15)18-17(20)24-30-25-18/h7-12H,5-6H2,1-4H3,(H2,20,24)(H,23,29)/b21-11+. The van der Waals surface area contributed by atoms with Crippen molar-refractivity contribution in [1.82, 2.24) is 30.7 Å². The highest BCUT2D eigenvalue weighted by molar-refractivity contribution is 5.94. The van der Waals surface area contributed by atoms with Crippen LogP contribution < -0.4 is 16.1 Å². The third-order valence-corrected chi connectivity index (χ3v) is 4.56. The maximum atomic E-state index is 12.6. The number of nitrogens with one attached hydrogen (secondary N) is 1. The van der Waals surface area contributed by atoms with Gasteiger partial charge in [-0.05, 0) is 47.8 Å². The van der Waals surface area contributed by atoms with Crippen molar-refractivity contribution in [3.05, 3.63) is 41.2 Å². The highest BCUT2D eigenvalue weighted by Gasteiger charge is 2.25. The van der Waals surface area contributed by atoms with Gasteiger partial charge in [-0.15, -0.1) is 5.10 Å². The number of hydrogen-bond donors (Lipinski definition) is 2. The van der Waals surface area contributed by atoms with Gasteiger partial charge in [-0.3, -0.25) is 4.79 Å². The second kappa shape index (κ2) is 9.16. The van der Waals surface area contributed by atoms with E-state index >= 15 is 0 Å². The third kappa shape index (κ3) is 4.29. The number of aromatic nitrogens is 5. The summed E-state index contributed by atoms with van der Waals surface area (Å²) >= 11 is 0. The molecule has 0 atom stereocenters. The van der Waals surface area contributed by atoms with Crippen LogP contribution in [-0.2, 0) is 0 Å². The van der Waals surface area contributed by atoms with Crippen LogP contribution >= 0.6 is 0 Å².